The molecule has 0 bridgehead atoms. The summed E-state index contributed by atoms with van der Waals surface area (Å²) in [5.74, 6) is 0.523. The molecule has 0 radical (unpaired) electrons. The molecule has 7 nitrogen and oxygen atoms in total. The number of hydrogen-bond acceptors (Lipinski definition) is 5. The Bertz CT molecular complexity index is 441. The monoisotopic (exact) mass is 240 g/mol. The largest absolute Gasteiger partial charge is 0.348 e. The molecular weight excluding hydrogens is 224 g/mol. The normalized spacial score (nSPS) is 10.8. The minimum Gasteiger partial charge on any atom is -0.315 e. The zero-order chi connectivity index (χ0) is 12.8. The molecule has 0 aliphatic rings. The molecule has 7 heteroatoms. The van der Waals surface area contributed by atoms with Crippen molar-refractivity contribution in [3.63, 3.8) is 0 Å². The molecule has 0 saturated carbocycles. The van der Waals surface area contributed by atoms with E-state index in [0.717, 1.165) is 12.7 Å². The first-order valence-corrected chi connectivity index (χ1v) is 5.42. The molecule has 1 rings (SSSR count). The van der Waals surface area contributed by atoms with Crippen LogP contribution in [0.5, 0.6) is 0 Å². The molecule has 1 N–H and O–H groups in total. The van der Waals surface area contributed by atoms with E-state index in [1.54, 1.807) is 0 Å². The van der Waals surface area contributed by atoms with E-state index in [1.807, 2.05) is 0 Å². The fraction of sp³-hybridized carbons (Fsp3) is 0.600. The maximum absolute atomic E-state index is 11.3. The van der Waals surface area contributed by atoms with Crippen LogP contribution in [-0.2, 0) is 6.54 Å². The Labute approximate surface area is 98.6 Å². The number of hydrogen-bond donors (Lipinski definition) is 1. The molecule has 0 aliphatic heterocycles. The van der Waals surface area contributed by atoms with Crippen LogP contribution in [0.1, 0.15) is 13.8 Å². The van der Waals surface area contributed by atoms with Gasteiger partial charge in [0.1, 0.15) is 6.20 Å². The molecule has 0 unspecified atom stereocenters. The first-order valence-electron chi connectivity index (χ1n) is 5.42. The third-order valence-electron chi connectivity index (χ3n) is 2.13. The van der Waals surface area contributed by atoms with Crippen molar-refractivity contribution >= 4 is 5.69 Å². The highest BCUT2D eigenvalue weighted by Crippen LogP contribution is 2.04. The molecule has 1 aromatic rings. The second-order valence-electron chi connectivity index (χ2n) is 4.14. The smallest absolute Gasteiger partial charge is 0.315 e. The molecule has 0 atom stereocenters. The van der Waals surface area contributed by atoms with Gasteiger partial charge in [-0.05, 0) is 12.5 Å². The Morgan fingerprint density at radius 2 is 2.29 bits per heavy atom. The zero-order valence-electron chi connectivity index (χ0n) is 9.92. The van der Waals surface area contributed by atoms with Crippen LogP contribution in [0.2, 0.25) is 0 Å². The Kier molecular flexibility index (Phi) is 4.77. The van der Waals surface area contributed by atoms with Crippen LogP contribution in [0.3, 0.4) is 0 Å². The number of nitrogens with one attached hydrogen (secondary N) is 1. The summed E-state index contributed by atoms with van der Waals surface area (Å²) >= 11 is 0. The highest BCUT2D eigenvalue weighted by molar-refractivity contribution is 5.20. The second kappa shape index (κ2) is 6.09. The standard InChI is InChI=1S/C10H16N4O3/c1-8(2)5-11-3-4-13-7-9(14(16)17)6-12-10(13)15/h6-8,11H,3-5H2,1-2H3. The van der Waals surface area contributed by atoms with Crippen LogP contribution in [0.4, 0.5) is 5.69 Å². The maximum atomic E-state index is 11.3. The van der Waals surface area contributed by atoms with E-state index in [1.165, 1.54) is 10.8 Å². The predicted molar refractivity (Wildman–Crippen MR) is 62.9 cm³/mol. The molecule has 0 aliphatic carbocycles. The first kappa shape index (κ1) is 13.3. The zero-order valence-corrected chi connectivity index (χ0v) is 9.92. The quantitative estimate of drug-likeness (QED) is 0.441. The number of aromatic nitrogens is 2. The van der Waals surface area contributed by atoms with Crippen molar-refractivity contribution in [1.29, 1.82) is 0 Å². The lowest BCUT2D eigenvalue weighted by molar-refractivity contribution is -0.385. The Hall–Kier alpha value is -1.76. The summed E-state index contributed by atoms with van der Waals surface area (Å²) in [6.45, 7) is 5.96. The molecule has 94 valence electrons. The van der Waals surface area contributed by atoms with Crippen LogP contribution < -0.4 is 11.0 Å². The van der Waals surface area contributed by atoms with E-state index in [4.69, 9.17) is 0 Å². The summed E-state index contributed by atoms with van der Waals surface area (Å²) in [6.07, 6.45) is 2.19. The summed E-state index contributed by atoms with van der Waals surface area (Å²) in [5.41, 5.74) is -0.643. The summed E-state index contributed by atoms with van der Waals surface area (Å²) in [7, 11) is 0. The van der Waals surface area contributed by atoms with Crippen LogP contribution in [-0.4, -0.2) is 27.6 Å². The van der Waals surface area contributed by atoms with Gasteiger partial charge in [-0.25, -0.2) is 4.79 Å². The van der Waals surface area contributed by atoms with Crippen molar-refractivity contribution in [3.8, 4) is 0 Å². The van der Waals surface area contributed by atoms with Crippen molar-refractivity contribution < 1.29 is 4.92 Å². The molecule has 1 heterocycles. The van der Waals surface area contributed by atoms with E-state index in [2.05, 4.69) is 24.1 Å². The van der Waals surface area contributed by atoms with Crippen molar-refractivity contribution in [2.24, 2.45) is 5.92 Å². The lowest BCUT2D eigenvalue weighted by atomic mass is 10.2. The van der Waals surface area contributed by atoms with Gasteiger partial charge in [0.2, 0.25) is 0 Å². The summed E-state index contributed by atoms with van der Waals surface area (Å²) in [5, 5.41) is 13.7. The fourth-order valence-electron chi connectivity index (χ4n) is 1.29. The Morgan fingerprint density at radius 1 is 1.59 bits per heavy atom. The SMILES string of the molecule is CC(C)CNCCn1cc([N+](=O)[O-])cnc1=O. The van der Waals surface area contributed by atoms with E-state index >= 15 is 0 Å². The van der Waals surface area contributed by atoms with Gasteiger partial charge in [-0.1, -0.05) is 13.8 Å². The summed E-state index contributed by atoms with van der Waals surface area (Å²) in [6, 6.07) is 0. The van der Waals surface area contributed by atoms with E-state index in [0.29, 0.717) is 19.0 Å². The van der Waals surface area contributed by atoms with Crippen molar-refractivity contribution in [1.82, 2.24) is 14.9 Å². The first-order chi connectivity index (χ1) is 8.00. The van der Waals surface area contributed by atoms with Gasteiger partial charge in [-0.2, -0.15) is 4.98 Å². The van der Waals surface area contributed by atoms with Crippen LogP contribution >= 0.6 is 0 Å². The highest BCUT2D eigenvalue weighted by atomic mass is 16.6. The molecule has 0 aromatic carbocycles. The van der Waals surface area contributed by atoms with E-state index < -0.39 is 10.6 Å². The lowest BCUT2D eigenvalue weighted by Crippen LogP contribution is -2.29. The topological polar surface area (TPSA) is 90.1 Å². The van der Waals surface area contributed by atoms with Crippen LogP contribution in [0, 0.1) is 16.0 Å². The number of nitro groups is 1. The van der Waals surface area contributed by atoms with Gasteiger partial charge < -0.3 is 5.32 Å². The average molecular weight is 240 g/mol. The van der Waals surface area contributed by atoms with Crippen LogP contribution in [0.25, 0.3) is 0 Å². The summed E-state index contributed by atoms with van der Waals surface area (Å²) in [4.78, 5) is 24.7. The second-order valence-corrected chi connectivity index (χ2v) is 4.14. The van der Waals surface area contributed by atoms with Gasteiger partial charge in [-0.15, -0.1) is 0 Å². The molecule has 0 saturated heterocycles. The van der Waals surface area contributed by atoms with Gasteiger partial charge in [0.05, 0.1) is 11.1 Å². The third-order valence-corrected chi connectivity index (χ3v) is 2.13. The highest BCUT2D eigenvalue weighted by Gasteiger charge is 2.08. The van der Waals surface area contributed by atoms with Gasteiger partial charge in [-0.3, -0.25) is 14.7 Å². The molecule has 0 amide bonds. The van der Waals surface area contributed by atoms with E-state index in [9.17, 15) is 14.9 Å². The molecule has 1 aromatic heterocycles. The summed E-state index contributed by atoms with van der Waals surface area (Å²) < 4.78 is 1.24. The lowest BCUT2D eigenvalue weighted by Gasteiger charge is -2.08. The predicted octanol–water partition coefficient (Wildman–Crippen LogP) is 0.397. The maximum Gasteiger partial charge on any atom is 0.348 e. The van der Waals surface area contributed by atoms with Crippen LogP contribution in [0.15, 0.2) is 17.2 Å². The Balaban J connectivity index is 2.61. The number of nitrogens with zero attached hydrogens (tertiary/aromatic N) is 3. The van der Waals surface area contributed by atoms with E-state index in [-0.39, 0.29) is 5.69 Å². The molecule has 17 heavy (non-hydrogen) atoms. The molecule has 0 spiro atoms. The molecule has 0 fully saturated rings. The number of rotatable bonds is 6. The minimum absolute atomic E-state index is 0.173. The minimum atomic E-state index is -0.565. The van der Waals surface area contributed by atoms with Crippen molar-refractivity contribution in [2.75, 3.05) is 13.1 Å². The van der Waals surface area contributed by atoms with Gasteiger partial charge in [0.15, 0.2) is 0 Å². The van der Waals surface area contributed by atoms with Gasteiger partial charge in [0, 0.05) is 13.1 Å². The fourth-order valence-corrected chi connectivity index (χ4v) is 1.29. The van der Waals surface area contributed by atoms with Gasteiger partial charge >= 0.3 is 11.4 Å². The Morgan fingerprint density at radius 3 is 2.88 bits per heavy atom. The average Bonchev–Trinajstić information content (AvgIpc) is 2.25. The molecular formula is C10H16N4O3. The van der Waals surface area contributed by atoms with Gasteiger partial charge in [0.25, 0.3) is 0 Å². The van der Waals surface area contributed by atoms with Crippen molar-refractivity contribution in [3.05, 3.63) is 33.0 Å². The van der Waals surface area contributed by atoms with Crippen molar-refractivity contribution in [2.45, 2.75) is 20.4 Å². The third kappa shape index (κ3) is 4.31.